The molecule has 0 fully saturated rings. The van der Waals surface area contributed by atoms with Crippen LogP contribution in [0.3, 0.4) is 0 Å². The molecule has 0 radical (unpaired) electrons. The first kappa shape index (κ1) is 18.1. The number of rotatable bonds is 8. The van der Waals surface area contributed by atoms with E-state index < -0.39 is 7.92 Å². The molecule has 2 rings (SSSR count). The van der Waals surface area contributed by atoms with Crippen LogP contribution in [-0.2, 0) is 9.47 Å². The first-order valence-corrected chi connectivity index (χ1v) is 9.82. The summed E-state index contributed by atoms with van der Waals surface area (Å²) in [5, 5.41) is 2.84. The number of hydrogen-bond acceptors (Lipinski definition) is 2. The van der Waals surface area contributed by atoms with E-state index in [1.807, 2.05) is 13.8 Å². The molecule has 0 atom stereocenters. The van der Waals surface area contributed by atoms with Crippen molar-refractivity contribution >= 4 is 18.5 Å². The quantitative estimate of drug-likeness (QED) is 0.535. The van der Waals surface area contributed by atoms with Crippen molar-refractivity contribution in [3.8, 4) is 0 Å². The van der Waals surface area contributed by atoms with Gasteiger partial charge in [0.05, 0.1) is 0 Å². The third-order valence-corrected chi connectivity index (χ3v) is 6.68. The third-order valence-electron chi connectivity index (χ3n) is 3.85. The van der Waals surface area contributed by atoms with Crippen LogP contribution in [0.2, 0.25) is 0 Å². The molecule has 2 aromatic rings. The van der Waals surface area contributed by atoms with E-state index in [4.69, 9.17) is 9.47 Å². The molecule has 0 heterocycles. The highest BCUT2D eigenvalue weighted by Crippen LogP contribution is 2.37. The maximum absolute atomic E-state index is 5.83. The fraction of sp³-hybridized carbons (Fsp3) is 0.400. The summed E-state index contributed by atoms with van der Waals surface area (Å²) in [5.41, 5.74) is 2.68. The van der Waals surface area contributed by atoms with Crippen LogP contribution in [0.25, 0.3) is 0 Å². The molecule has 124 valence electrons. The Morgan fingerprint density at radius 1 is 0.783 bits per heavy atom. The summed E-state index contributed by atoms with van der Waals surface area (Å²) < 4.78 is 11.7. The number of benzene rings is 2. The molecule has 0 aromatic heterocycles. The van der Waals surface area contributed by atoms with E-state index in [0.29, 0.717) is 13.2 Å². The van der Waals surface area contributed by atoms with E-state index in [1.165, 1.54) is 21.7 Å². The second-order valence-electron chi connectivity index (χ2n) is 5.52. The van der Waals surface area contributed by atoms with E-state index in [9.17, 15) is 0 Å². The van der Waals surface area contributed by atoms with Gasteiger partial charge >= 0.3 is 0 Å². The Kier molecular flexibility index (Phi) is 7.23. The molecule has 0 aliphatic heterocycles. The fourth-order valence-electron chi connectivity index (χ4n) is 2.73. The lowest BCUT2D eigenvalue weighted by Gasteiger charge is -2.27. The number of ether oxygens (including phenoxy) is 2. The Hall–Kier alpha value is -1.21. The molecule has 2 nitrogen and oxygen atoms in total. The van der Waals surface area contributed by atoms with Gasteiger partial charge in [-0.1, -0.05) is 48.5 Å². The molecule has 0 saturated carbocycles. The zero-order chi connectivity index (χ0) is 16.7. The average Bonchev–Trinajstić information content (AvgIpc) is 2.54. The highest BCUT2D eigenvalue weighted by Gasteiger charge is 2.22. The van der Waals surface area contributed by atoms with Crippen molar-refractivity contribution < 1.29 is 9.47 Å². The molecule has 0 bridgehead atoms. The lowest BCUT2D eigenvalue weighted by atomic mass is 10.2. The van der Waals surface area contributed by atoms with E-state index in [0.717, 1.165) is 6.16 Å². The summed E-state index contributed by atoms with van der Waals surface area (Å²) in [7, 11) is -0.505. The fourth-order valence-corrected chi connectivity index (χ4v) is 5.43. The van der Waals surface area contributed by atoms with Crippen LogP contribution in [0.5, 0.6) is 0 Å². The van der Waals surface area contributed by atoms with Crippen molar-refractivity contribution in [1.82, 2.24) is 0 Å². The first-order valence-electron chi connectivity index (χ1n) is 8.29. The molecule has 0 spiro atoms. The predicted molar refractivity (Wildman–Crippen MR) is 100 cm³/mol. The lowest BCUT2D eigenvalue weighted by molar-refractivity contribution is -0.120. The van der Waals surface area contributed by atoms with E-state index in [-0.39, 0.29) is 6.29 Å². The normalized spacial score (nSPS) is 11.4. The van der Waals surface area contributed by atoms with Gasteiger partial charge in [0.2, 0.25) is 0 Å². The van der Waals surface area contributed by atoms with Crippen LogP contribution in [0.15, 0.2) is 48.5 Å². The maximum atomic E-state index is 5.83. The van der Waals surface area contributed by atoms with Gasteiger partial charge in [0.1, 0.15) is 0 Å². The van der Waals surface area contributed by atoms with Crippen LogP contribution >= 0.6 is 7.92 Å². The highest BCUT2D eigenvalue weighted by molar-refractivity contribution is 7.73. The highest BCUT2D eigenvalue weighted by atomic mass is 31.1. The molecule has 23 heavy (non-hydrogen) atoms. The minimum absolute atomic E-state index is 0.143. The summed E-state index contributed by atoms with van der Waals surface area (Å²) in [4.78, 5) is 0. The Bertz CT molecular complexity index is 561. The Morgan fingerprint density at radius 3 is 1.61 bits per heavy atom. The summed E-state index contributed by atoms with van der Waals surface area (Å²) in [6.07, 6.45) is 0.752. The van der Waals surface area contributed by atoms with Crippen LogP contribution in [0, 0.1) is 13.8 Å². The number of aryl methyl sites for hydroxylation is 2. The van der Waals surface area contributed by atoms with Gasteiger partial charge in [0.15, 0.2) is 6.29 Å². The van der Waals surface area contributed by atoms with Gasteiger partial charge < -0.3 is 9.47 Å². The molecule has 2 aromatic carbocycles. The summed E-state index contributed by atoms with van der Waals surface area (Å²) >= 11 is 0. The minimum Gasteiger partial charge on any atom is -0.353 e. The van der Waals surface area contributed by atoms with Crippen molar-refractivity contribution in [2.24, 2.45) is 0 Å². The largest absolute Gasteiger partial charge is 0.353 e. The van der Waals surface area contributed by atoms with Crippen LogP contribution in [0.4, 0.5) is 0 Å². The number of hydrogen-bond donors (Lipinski definition) is 0. The Balaban J connectivity index is 2.39. The van der Waals surface area contributed by atoms with E-state index in [2.05, 4.69) is 62.4 Å². The zero-order valence-corrected chi connectivity index (χ0v) is 15.5. The topological polar surface area (TPSA) is 18.5 Å². The van der Waals surface area contributed by atoms with Crippen LogP contribution in [-0.4, -0.2) is 25.7 Å². The summed E-state index contributed by atoms with van der Waals surface area (Å²) in [6.45, 7) is 9.79. The molecule has 3 heteroatoms. The lowest BCUT2D eigenvalue weighted by Crippen LogP contribution is -2.28. The minimum atomic E-state index is -0.505. The molecule has 0 unspecified atom stereocenters. The summed E-state index contributed by atoms with van der Waals surface area (Å²) in [5.74, 6) is 0. The van der Waals surface area contributed by atoms with Crippen molar-refractivity contribution in [2.45, 2.75) is 34.0 Å². The molecule has 0 N–H and O–H groups in total. The Morgan fingerprint density at radius 2 is 1.22 bits per heavy atom. The molecular weight excluding hydrogens is 303 g/mol. The van der Waals surface area contributed by atoms with Gasteiger partial charge in [-0.2, -0.15) is 0 Å². The van der Waals surface area contributed by atoms with Gasteiger partial charge in [-0.25, -0.2) is 0 Å². The predicted octanol–water partition coefficient (Wildman–Crippen LogP) is 4.14. The molecule has 0 amide bonds. The monoisotopic (exact) mass is 330 g/mol. The SMILES string of the molecule is CCOC(CP(c1ccccc1C)c1ccccc1C)OCC. The van der Waals surface area contributed by atoms with Gasteiger partial charge in [0.25, 0.3) is 0 Å². The van der Waals surface area contributed by atoms with Gasteiger partial charge in [-0.15, -0.1) is 0 Å². The zero-order valence-electron chi connectivity index (χ0n) is 14.6. The second-order valence-corrected chi connectivity index (χ2v) is 7.71. The third kappa shape index (κ3) is 4.88. The van der Waals surface area contributed by atoms with Crippen LogP contribution in [0.1, 0.15) is 25.0 Å². The first-order chi connectivity index (χ1) is 11.2. The van der Waals surface area contributed by atoms with Gasteiger partial charge in [-0.3, -0.25) is 0 Å². The van der Waals surface area contributed by atoms with E-state index >= 15 is 0 Å². The molecular formula is C20H27O2P. The average molecular weight is 330 g/mol. The maximum Gasteiger partial charge on any atom is 0.162 e. The van der Waals surface area contributed by atoms with Crippen molar-refractivity contribution in [3.05, 3.63) is 59.7 Å². The molecule has 0 saturated heterocycles. The summed E-state index contributed by atoms with van der Waals surface area (Å²) in [6, 6.07) is 17.4. The van der Waals surface area contributed by atoms with E-state index in [1.54, 1.807) is 0 Å². The van der Waals surface area contributed by atoms with Gasteiger partial charge in [0, 0.05) is 19.4 Å². The van der Waals surface area contributed by atoms with Gasteiger partial charge in [-0.05, 0) is 57.4 Å². The molecule has 0 aliphatic carbocycles. The Labute approximate surface area is 141 Å². The van der Waals surface area contributed by atoms with Crippen molar-refractivity contribution in [3.63, 3.8) is 0 Å². The second kappa shape index (κ2) is 9.17. The van der Waals surface area contributed by atoms with Crippen LogP contribution < -0.4 is 10.6 Å². The standard InChI is InChI=1S/C20H27O2P/c1-5-21-20(22-6-2)15-23(18-13-9-7-11-16(18)3)19-14-10-8-12-17(19)4/h7-14,20H,5-6,15H2,1-4H3. The van der Waals surface area contributed by atoms with Crippen molar-refractivity contribution in [1.29, 1.82) is 0 Å². The smallest absolute Gasteiger partial charge is 0.162 e. The van der Waals surface area contributed by atoms with Crippen molar-refractivity contribution in [2.75, 3.05) is 19.4 Å². The molecule has 0 aliphatic rings.